The fraction of sp³-hybridized carbons (Fsp3) is 0.667. The van der Waals surface area contributed by atoms with E-state index in [1.807, 2.05) is 33.8 Å². The highest BCUT2D eigenvalue weighted by Crippen LogP contribution is 2.13. The maximum Gasteiger partial charge on any atom is 0.0975 e. The number of nitrogens with one attached hydrogen (secondary N) is 1. The van der Waals surface area contributed by atoms with Crippen molar-refractivity contribution in [3.63, 3.8) is 0 Å². The molecule has 2 nitrogen and oxygen atoms in total. The highest BCUT2D eigenvalue weighted by atomic mass is 32.2. The Morgan fingerprint density at radius 3 is 2.40 bits per heavy atom. The van der Waals surface area contributed by atoms with Crippen LogP contribution in [0.2, 0.25) is 0 Å². The zero-order valence-electron chi connectivity index (χ0n) is 10.5. The second-order valence-corrected chi connectivity index (χ2v) is 6.60. The van der Waals surface area contributed by atoms with Crippen LogP contribution in [0.5, 0.6) is 0 Å². The molecule has 0 saturated heterocycles. The van der Waals surface area contributed by atoms with Gasteiger partial charge in [-0.15, -0.1) is 0 Å². The molecule has 0 rings (SSSR count). The van der Waals surface area contributed by atoms with Gasteiger partial charge in [0.25, 0.3) is 0 Å². The highest BCUT2D eigenvalue weighted by molar-refractivity contribution is 7.84. The molecule has 0 aromatic carbocycles. The molecule has 0 aromatic heterocycles. The minimum atomic E-state index is -1.02. The zero-order valence-corrected chi connectivity index (χ0v) is 11.3. The maximum atomic E-state index is 11.9. The van der Waals surface area contributed by atoms with Gasteiger partial charge in [-0.1, -0.05) is 31.2 Å². The van der Waals surface area contributed by atoms with Crippen LogP contribution >= 0.6 is 0 Å². The van der Waals surface area contributed by atoms with Gasteiger partial charge in [0.1, 0.15) is 0 Å². The smallest absolute Gasteiger partial charge is 0.0975 e. The van der Waals surface area contributed by atoms with Crippen molar-refractivity contribution in [2.75, 3.05) is 0 Å². The van der Waals surface area contributed by atoms with Gasteiger partial charge in [-0.05, 0) is 34.1 Å². The number of allylic oxidation sites excluding steroid dienone is 2. The average Bonchev–Trinajstić information content (AvgIpc) is 2.12. The third-order valence-corrected chi connectivity index (χ3v) is 3.76. The molecular weight excluding hydrogens is 206 g/mol. The SMILES string of the molecule is C=C/C=C(\C)C(CC)NS(=O)C(C)(C)C. The molecule has 0 heterocycles. The maximum absolute atomic E-state index is 11.9. The van der Waals surface area contributed by atoms with Gasteiger partial charge in [-0.2, -0.15) is 0 Å². The molecule has 0 radical (unpaired) electrons. The second-order valence-electron chi connectivity index (χ2n) is 4.61. The Labute approximate surface area is 96.4 Å². The molecule has 0 aliphatic rings. The Balaban J connectivity index is 4.54. The van der Waals surface area contributed by atoms with E-state index in [1.165, 1.54) is 5.57 Å². The van der Waals surface area contributed by atoms with E-state index in [9.17, 15) is 4.21 Å². The van der Waals surface area contributed by atoms with E-state index in [-0.39, 0.29) is 10.8 Å². The van der Waals surface area contributed by atoms with Crippen molar-refractivity contribution in [1.82, 2.24) is 4.72 Å². The molecular formula is C12H23NOS. The van der Waals surface area contributed by atoms with Crippen LogP contribution in [0.15, 0.2) is 24.3 Å². The molecule has 0 spiro atoms. The molecule has 0 bridgehead atoms. The predicted molar refractivity (Wildman–Crippen MR) is 69.1 cm³/mol. The lowest BCUT2D eigenvalue weighted by atomic mass is 10.1. The van der Waals surface area contributed by atoms with E-state index in [4.69, 9.17) is 0 Å². The molecule has 0 saturated carbocycles. The van der Waals surface area contributed by atoms with Gasteiger partial charge in [0.05, 0.1) is 15.7 Å². The van der Waals surface area contributed by atoms with Crippen molar-refractivity contribution >= 4 is 11.0 Å². The van der Waals surface area contributed by atoms with Crippen LogP contribution in [0.25, 0.3) is 0 Å². The van der Waals surface area contributed by atoms with Gasteiger partial charge in [0.15, 0.2) is 0 Å². The molecule has 0 aromatic rings. The first-order valence-corrected chi connectivity index (χ1v) is 6.45. The summed E-state index contributed by atoms with van der Waals surface area (Å²) in [6, 6.07) is 0.169. The normalized spacial score (nSPS) is 17.3. The largest absolute Gasteiger partial charge is 0.242 e. The van der Waals surface area contributed by atoms with E-state index >= 15 is 0 Å². The van der Waals surface area contributed by atoms with E-state index in [0.29, 0.717) is 0 Å². The molecule has 1 N–H and O–H groups in total. The summed E-state index contributed by atoms with van der Waals surface area (Å²) < 4.78 is 14.8. The van der Waals surface area contributed by atoms with Crippen molar-refractivity contribution < 1.29 is 4.21 Å². The summed E-state index contributed by atoms with van der Waals surface area (Å²) in [6.45, 7) is 13.7. The molecule has 2 atom stereocenters. The van der Waals surface area contributed by atoms with E-state index in [0.717, 1.165) is 6.42 Å². The lowest BCUT2D eigenvalue weighted by molar-refractivity contribution is 0.607. The molecule has 0 fully saturated rings. The molecule has 0 amide bonds. The molecule has 3 heteroatoms. The minimum Gasteiger partial charge on any atom is -0.242 e. The molecule has 88 valence electrons. The van der Waals surface area contributed by atoms with E-state index in [2.05, 4.69) is 18.2 Å². The minimum absolute atomic E-state index is 0.169. The standard InChI is InChI=1S/C12H23NOS/c1-7-9-10(3)11(8-2)13-15(14)12(4,5)6/h7,9,11,13H,1,8H2,2-6H3/b10-9+. The Morgan fingerprint density at radius 2 is 2.07 bits per heavy atom. The summed E-state index contributed by atoms with van der Waals surface area (Å²) in [7, 11) is -1.02. The number of hydrogen-bond donors (Lipinski definition) is 1. The average molecular weight is 229 g/mol. The summed E-state index contributed by atoms with van der Waals surface area (Å²) in [5, 5.41) is 0. The van der Waals surface area contributed by atoms with Crippen LogP contribution in [-0.4, -0.2) is 15.0 Å². The Hall–Kier alpha value is -0.410. The summed E-state index contributed by atoms with van der Waals surface area (Å²) in [5.41, 5.74) is 1.17. The first-order chi connectivity index (χ1) is 6.82. The fourth-order valence-electron chi connectivity index (χ4n) is 1.11. The number of rotatable bonds is 5. The van der Waals surface area contributed by atoms with Gasteiger partial charge in [-0.25, -0.2) is 8.93 Å². The summed E-state index contributed by atoms with van der Waals surface area (Å²) in [6.07, 6.45) is 4.65. The van der Waals surface area contributed by atoms with Gasteiger partial charge < -0.3 is 0 Å². The zero-order chi connectivity index (χ0) is 12.1. The van der Waals surface area contributed by atoms with Crippen LogP contribution in [-0.2, 0) is 11.0 Å². The predicted octanol–water partition coefficient (Wildman–Crippen LogP) is 2.95. The van der Waals surface area contributed by atoms with Gasteiger partial charge >= 0.3 is 0 Å². The lowest BCUT2D eigenvalue weighted by Crippen LogP contribution is -2.40. The summed E-state index contributed by atoms with van der Waals surface area (Å²) >= 11 is 0. The van der Waals surface area contributed by atoms with Crippen LogP contribution in [0.3, 0.4) is 0 Å². The van der Waals surface area contributed by atoms with Crippen LogP contribution < -0.4 is 4.72 Å². The Kier molecular flexibility index (Phi) is 6.06. The fourth-order valence-corrected chi connectivity index (χ4v) is 2.07. The number of hydrogen-bond acceptors (Lipinski definition) is 1. The van der Waals surface area contributed by atoms with E-state index in [1.54, 1.807) is 6.08 Å². The van der Waals surface area contributed by atoms with Gasteiger partial charge in [0, 0.05) is 6.04 Å². The van der Waals surface area contributed by atoms with Crippen molar-refractivity contribution in [2.24, 2.45) is 0 Å². The third-order valence-electron chi connectivity index (χ3n) is 2.14. The Morgan fingerprint density at radius 1 is 1.53 bits per heavy atom. The quantitative estimate of drug-likeness (QED) is 0.722. The summed E-state index contributed by atoms with van der Waals surface area (Å²) in [5.74, 6) is 0. The van der Waals surface area contributed by atoms with Crippen LogP contribution in [0.4, 0.5) is 0 Å². The van der Waals surface area contributed by atoms with Gasteiger partial charge in [0.2, 0.25) is 0 Å². The molecule has 15 heavy (non-hydrogen) atoms. The first-order valence-electron chi connectivity index (χ1n) is 5.30. The van der Waals surface area contributed by atoms with Crippen molar-refractivity contribution in [2.45, 2.75) is 51.8 Å². The van der Waals surface area contributed by atoms with Gasteiger partial charge in [-0.3, -0.25) is 0 Å². The topological polar surface area (TPSA) is 29.1 Å². The highest BCUT2D eigenvalue weighted by Gasteiger charge is 2.22. The first kappa shape index (κ1) is 14.6. The third kappa shape index (κ3) is 5.28. The van der Waals surface area contributed by atoms with Crippen LogP contribution in [0.1, 0.15) is 41.0 Å². The lowest BCUT2D eigenvalue weighted by Gasteiger charge is -2.24. The molecule has 0 aliphatic carbocycles. The van der Waals surface area contributed by atoms with E-state index < -0.39 is 11.0 Å². The van der Waals surface area contributed by atoms with Crippen molar-refractivity contribution in [3.8, 4) is 0 Å². The monoisotopic (exact) mass is 229 g/mol. The summed E-state index contributed by atoms with van der Waals surface area (Å²) in [4.78, 5) is 0. The Bertz CT molecular complexity index is 263. The van der Waals surface area contributed by atoms with Crippen LogP contribution in [0, 0.1) is 0 Å². The molecule has 2 unspecified atom stereocenters. The van der Waals surface area contributed by atoms with Crippen molar-refractivity contribution in [3.05, 3.63) is 24.3 Å². The molecule has 0 aliphatic heterocycles. The second kappa shape index (κ2) is 6.23. The van der Waals surface area contributed by atoms with Crippen molar-refractivity contribution in [1.29, 1.82) is 0 Å².